The van der Waals surface area contributed by atoms with Crippen LogP contribution in [-0.2, 0) is 15.7 Å². The third-order valence-electron chi connectivity index (χ3n) is 3.01. The van der Waals surface area contributed by atoms with E-state index in [2.05, 4.69) is 5.32 Å². The van der Waals surface area contributed by atoms with Crippen LogP contribution in [0.1, 0.15) is 15.9 Å². The monoisotopic (exact) mass is 373 g/mol. The van der Waals surface area contributed by atoms with Gasteiger partial charge >= 0.3 is 12.1 Å². The molecular weight excluding hydrogens is 363 g/mol. The molecule has 0 fully saturated rings. The molecule has 9 heteroatoms. The summed E-state index contributed by atoms with van der Waals surface area (Å²) < 4.78 is 42.0. The first-order valence-electron chi connectivity index (χ1n) is 6.79. The number of esters is 1. The smallest absolute Gasteiger partial charge is 0.416 e. The highest BCUT2D eigenvalue weighted by Crippen LogP contribution is 2.29. The van der Waals surface area contributed by atoms with E-state index in [1.54, 1.807) is 0 Å². The Hall–Kier alpha value is -2.74. The molecule has 0 radical (unpaired) electrons. The number of anilines is 1. The lowest BCUT2D eigenvalue weighted by atomic mass is 10.2. The summed E-state index contributed by atoms with van der Waals surface area (Å²) in [4.78, 5) is 23.5. The summed E-state index contributed by atoms with van der Waals surface area (Å²) >= 11 is 5.70. The quantitative estimate of drug-likeness (QED) is 0.798. The molecule has 0 unspecified atom stereocenters. The van der Waals surface area contributed by atoms with Gasteiger partial charge in [-0.15, -0.1) is 0 Å². The zero-order chi connectivity index (χ0) is 18.6. The van der Waals surface area contributed by atoms with Gasteiger partial charge in [0.1, 0.15) is 11.3 Å². The van der Waals surface area contributed by atoms with E-state index >= 15 is 0 Å². The van der Waals surface area contributed by atoms with E-state index in [-0.39, 0.29) is 22.0 Å². The fourth-order valence-electron chi connectivity index (χ4n) is 1.82. The van der Waals surface area contributed by atoms with Crippen molar-refractivity contribution >= 4 is 29.2 Å². The number of hydrogen-bond donors (Lipinski definition) is 2. The highest BCUT2D eigenvalue weighted by Gasteiger charge is 2.30. The van der Waals surface area contributed by atoms with Gasteiger partial charge in [0.2, 0.25) is 0 Å². The molecule has 0 bridgehead atoms. The number of ether oxygens (including phenoxy) is 1. The number of benzene rings is 2. The number of rotatable bonds is 4. The van der Waals surface area contributed by atoms with E-state index < -0.39 is 30.2 Å². The maximum atomic E-state index is 12.4. The molecule has 132 valence electrons. The van der Waals surface area contributed by atoms with E-state index in [0.717, 1.165) is 24.3 Å². The fraction of sp³-hybridized carbons (Fsp3) is 0.125. The maximum Gasteiger partial charge on any atom is 0.416 e. The van der Waals surface area contributed by atoms with Crippen LogP contribution in [0.4, 0.5) is 18.9 Å². The van der Waals surface area contributed by atoms with Crippen molar-refractivity contribution in [2.75, 3.05) is 11.9 Å². The van der Waals surface area contributed by atoms with E-state index in [1.807, 2.05) is 0 Å². The third-order valence-corrected chi connectivity index (χ3v) is 3.24. The second kappa shape index (κ2) is 7.43. The van der Waals surface area contributed by atoms with Crippen LogP contribution in [0.2, 0.25) is 5.02 Å². The number of carbonyl (C=O) groups excluding carboxylic acids is 2. The van der Waals surface area contributed by atoms with Gasteiger partial charge in [0.25, 0.3) is 5.91 Å². The minimum Gasteiger partial charge on any atom is -0.507 e. The van der Waals surface area contributed by atoms with Crippen molar-refractivity contribution in [1.82, 2.24) is 0 Å². The van der Waals surface area contributed by atoms with E-state index in [0.29, 0.717) is 0 Å². The van der Waals surface area contributed by atoms with Gasteiger partial charge in [0.15, 0.2) is 6.61 Å². The van der Waals surface area contributed by atoms with Crippen molar-refractivity contribution in [2.24, 2.45) is 0 Å². The van der Waals surface area contributed by atoms with Gasteiger partial charge in [-0.05, 0) is 42.5 Å². The van der Waals surface area contributed by atoms with Crippen molar-refractivity contribution in [2.45, 2.75) is 6.18 Å². The summed E-state index contributed by atoms with van der Waals surface area (Å²) in [5.74, 6) is -2.09. The van der Waals surface area contributed by atoms with Crippen LogP contribution in [0.3, 0.4) is 0 Å². The van der Waals surface area contributed by atoms with Gasteiger partial charge in [-0.1, -0.05) is 11.6 Å². The summed E-state index contributed by atoms with van der Waals surface area (Å²) in [6.45, 7) is -0.689. The second-order valence-electron chi connectivity index (χ2n) is 4.86. The van der Waals surface area contributed by atoms with Gasteiger partial charge in [-0.25, -0.2) is 4.79 Å². The molecule has 0 aliphatic heterocycles. The highest BCUT2D eigenvalue weighted by molar-refractivity contribution is 6.31. The van der Waals surface area contributed by atoms with Crippen LogP contribution in [-0.4, -0.2) is 23.6 Å². The summed E-state index contributed by atoms with van der Waals surface area (Å²) in [6.07, 6.45) is -4.48. The average molecular weight is 374 g/mol. The van der Waals surface area contributed by atoms with Crippen molar-refractivity contribution in [1.29, 1.82) is 0 Å². The molecule has 0 atom stereocenters. The third kappa shape index (κ3) is 5.12. The number of aromatic hydroxyl groups is 1. The molecule has 5 nitrogen and oxygen atoms in total. The number of phenolic OH excluding ortho intramolecular Hbond substituents is 1. The van der Waals surface area contributed by atoms with E-state index in [9.17, 15) is 27.9 Å². The number of halogens is 4. The van der Waals surface area contributed by atoms with Gasteiger partial charge in [-0.2, -0.15) is 13.2 Å². The molecule has 0 aliphatic rings. The van der Waals surface area contributed by atoms with Crippen molar-refractivity contribution in [3.05, 3.63) is 58.6 Å². The zero-order valence-electron chi connectivity index (χ0n) is 12.4. The number of phenols is 1. The maximum absolute atomic E-state index is 12.4. The van der Waals surface area contributed by atoms with Crippen LogP contribution >= 0.6 is 11.6 Å². The molecule has 2 N–H and O–H groups in total. The van der Waals surface area contributed by atoms with Crippen LogP contribution in [0.25, 0.3) is 0 Å². The predicted molar refractivity (Wildman–Crippen MR) is 83.5 cm³/mol. The molecule has 0 spiro atoms. The Labute approximate surface area is 145 Å². The van der Waals surface area contributed by atoms with E-state index in [4.69, 9.17) is 16.3 Å². The van der Waals surface area contributed by atoms with Gasteiger partial charge < -0.3 is 15.2 Å². The Bertz CT molecular complexity index is 791. The predicted octanol–water partition coefficient (Wildman–Crippen LogP) is 3.86. The topological polar surface area (TPSA) is 75.6 Å². The lowest BCUT2D eigenvalue weighted by Crippen LogP contribution is -2.21. The lowest BCUT2D eigenvalue weighted by Gasteiger charge is -2.09. The SMILES string of the molecule is O=C(COC(=O)c1cc(Cl)ccc1O)Nc1ccc(C(F)(F)F)cc1. The number of nitrogens with one attached hydrogen (secondary N) is 1. The largest absolute Gasteiger partial charge is 0.507 e. The van der Waals surface area contributed by atoms with Gasteiger partial charge in [0.05, 0.1) is 5.56 Å². The lowest BCUT2D eigenvalue weighted by molar-refractivity contribution is -0.137. The zero-order valence-corrected chi connectivity index (χ0v) is 13.2. The molecule has 2 aromatic carbocycles. The van der Waals surface area contributed by atoms with Gasteiger partial charge in [0, 0.05) is 10.7 Å². The number of hydrogen-bond acceptors (Lipinski definition) is 4. The summed E-state index contributed by atoms with van der Waals surface area (Å²) in [5, 5.41) is 12.0. The molecule has 0 aromatic heterocycles. The first-order chi connectivity index (χ1) is 11.7. The average Bonchev–Trinajstić information content (AvgIpc) is 2.54. The molecule has 0 saturated carbocycles. The second-order valence-corrected chi connectivity index (χ2v) is 5.30. The van der Waals surface area contributed by atoms with Crippen LogP contribution in [0.15, 0.2) is 42.5 Å². The normalized spacial score (nSPS) is 11.0. The molecule has 0 heterocycles. The van der Waals surface area contributed by atoms with Crippen molar-refractivity contribution in [3.63, 3.8) is 0 Å². The highest BCUT2D eigenvalue weighted by atomic mass is 35.5. The first-order valence-corrected chi connectivity index (χ1v) is 7.17. The number of alkyl halides is 3. The molecule has 25 heavy (non-hydrogen) atoms. The summed E-state index contributed by atoms with van der Waals surface area (Å²) in [5.41, 5.74) is -0.956. The Kier molecular flexibility index (Phi) is 5.53. The van der Waals surface area contributed by atoms with E-state index in [1.165, 1.54) is 18.2 Å². The Morgan fingerprint density at radius 3 is 2.36 bits per heavy atom. The molecule has 2 rings (SSSR count). The molecule has 2 aromatic rings. The fourth-order valence-corrected chi connectivity index (χ4v) is 1.99. The molecule has 0 saturated heterocycles. The number of carbonyl (C=O) groups is 2. The Morgan fingerprint density at radius 1 is 1.12 bits per heavy atom. The summed E-state index contributed by atoms with van der Waals surface area (Å²) in [6, 6.07) is 7.51. The minimum absolute atomic E-state index is 0.111. The number of amides is 1. The molecule has 1 amide bonds. The molecule has 0 aliphatic carbocycles. The van der Waals surface area contributed by atoms with Crippen LogP contribution in [0, 0.1) is 0 Å². The Morgan fingerprint density at radius 2 is 1.76 bits per heavy atom. The minimum atomic E-state index is -4.48. The van der Waals surface area contributed by atoms with Crippen LogP contribution < -0.4 is 5.32 Å². The van der Waals surface area contributed by atoms with Crippen LogP contribution in [0.5, 0.6) is 5.75 Å². The summed E-state index contributed by atoms with van der Waals surface area (Å²) in [7, 11) is 0. The van der Waals surface area contributed by atoms with Crippen molar-refractivity contribution in [3.8, 4) is 5.75 Å². The standard InChI is InChI=1S/C16H11ClF3NO4/c17-10-3-6-13(22)12(7-10)15(24)25-8-14(23)21-11-4-1-9(2-5-11)16(18,19)20/h1-7,22H,8H2,(H,21,23). The Balaban J connectivity index is 1.92. The first kappa shape index (κ1) is 18.6. The van der Waals surface area contributed by atoms with Crippen molar-refractivity contribution < 1.29 is 32.6 Å². The van der Waals surface area contributed by atoms with Gasteiger partial charge in [-0.3, -0.25) is 4.79 Å². The molecular formula is C16H11ClF3NO4.